The van der Waals surface area contributed by atoms with Crippen LogP contribution < -0.4 is 16.4 Å². The third-order valence-electron chi connectivity index (χ3n) is 2.18. The Morgan fingerprint density at radius 2 is 1.78 bits per heavy atom. The number of carboxylic acids is 1. The molecule has 0 aromatic carbocycles. The number of carboxylic acid groups (broad SMARTS) is 1. The van der Waals surface area contributed by atoms with Gasteiger partial charge in [0.25, 0.3) is 0 Å². The van der Waals surface area contributed by atoms with Gasteiger partial charge in [0.15, 0.2) is 0 Å². The van der Waals surface area contributed by atoms with Crippen molar-refractivity contribution in [1.29, 1.82) is 0 Å². The number of nitrogens with one attached hydrogen (secondary N) is 2. The van der Waals surface area contributed by atoms with Gasteiger partial charge in [-0.1, -0.05) is 13.8 Å². The number of nitrogens with two attached hydrogens (primary N) is 1. The molecule has 7 heteroatoms. The van der Waals surface area contributed by atoms with Gasteiger partial charge in [-0.05, 0) is 19.3 Å². The Labute approximate surface area is 106 Å². The van der Waals surface area contributed by atoms with Crippen LogP contribution >= 0.6 is 0 Å². The summed E-state index contributed by atoms with van der Waals surface area (Å²) >= 11 is 0. The molecule has 0 unspecified atom stereocenters. The minimum absolute atomic E-state index is 0.144. The zero-order valence-electron chi connectivity index (χ0n) is 10.9. The zero-order chi connectivity index (χ0) is 14.3. The number of rotatable bonds is 7. The van der Waals surface area contributed by atoms with Gasteiger partial charge in [0.1, 0.15) is 6.04 Å². The van der Waals surface area contributed by atoms with Crippen molar-refractivity contribution in [3.63, 3.8) is 0 Å². The molecule has 0 bridgehead atoms. The first-order chi connectivity index (χ1) is 8.23. The molecule has 7 nitrogen and oxygen atoms in total. The minimum atomic E-state index is -1.09. The molecule has 0 aliphatic heterocycles. The molecule has 0 aliphatic carbocycles. The number of amides is 2. The summed E-state index contributed by atoms with van der Waals surface area (Å²) in [5, 5.41) is 13.6. The van der Waals surface area contributed by atoms with E-state index >= 15 is 0 Å². The van der Waals surface area contributed by atoms with E-state index in [1.165, 1.54) is 6.92 Å². The van der Waals surface area contributed by atoms with Gasteiger partial charge in [-0.25, -0.2) is 4.79 Å². The summed E-state index contributed by atoms with van der Waals surface area (Å²) in [5.41, 5.74) is 5.30. The van der Waals surface area contributed by atoms with E-state index in [1.807, 2.05) is 13.8 Å². The quantitative estimate of drug-likeness (QED) is 0.470. The summed E-state index contributed by atoms with van der Waals surface area (Å²) in [5.74, 6) is -1.95. The summed E-state index contributed by atoms with van der Waals surface area (Å²) in [7, 11) is 0. The normalized spacial score (nSPS) is 13.8. The van der Waals surface area contributed by atoms with E-state index in [1.54, 1.807) is 0 Å². The average Bonchev–Trinajstić information content (AvgIpc) is 2.23. The SMILES string of the molecule is CC(C)C[C@H](NC(=O)CNC(=O)[C@H](C)N)C(=O)O. The van der Waals surface area contributed by atoms with Gasteiger partial charge in [0, 0.05) is 0 Å². The predicted octanol–water partition coefficient (Wildman–Crippen LogP) is -0.935. The fraction of sp³-hybridized carbons (Fsp3) is 0.727. The monoisotopic (exact) mass is 259 g/mol. The maximum Gasteiger partial charge on any atom is 0.326 e. The van der Waals surface area contributed by atoms with Crippen LogP contribution in [0.25, 0.3) is 0 Å². The molecule has 0 aromatic rings. The van der Waals surface area contributed by atoms with Crippen LogP contribution in [0.2, 0.25) is 0 Å². The summed E-state index contributed by atoms with van der Waals surface area (Å²) in [6, 6.07) is -1.64. The van der Waals surface area contributed by atoms with Crippen molar-refractivity contribution in [3.05, 3.63) is 0 Å². The van der Waals surface area contributed by atoms with Crippen LogP contribution in [0.1, 0.15) is 27.2 Å². The van der Waals surface area contributed by atoms with Crippen LogP contribution in [-0.2, 0) is 14.4 Å². The third-order valence-corrected chi connectivity index (χ3v) is 2.18. The summed E-state index contributed by atoms with van der Waals surface area (Å²) in [4.78, 5) is 33.4. The number of aliphatic carboxylic acids is 1. The van der Waals surface area contributed by atoms with Crippen molar-refractivity contribution < 1.29 is 19.5 Å². The molecule has 104 valence electrons. The summed E-state index contributed by atoms with van der Waals surface area (Å²) in [6.45, 7) is 4.94. The molecule has 0 rings (SSSR count). The lowest BCUT2D eigenvalue weighted by molar-refractivity contribution is -0.142. The van der Waals surface area contributed by atoms with E-state index in [0.717, 1.165) is 0 Å². The molecule has 0 saturated carbocycles. The van der Waals surface area contributed by atoms with Gasteiger partial charge < -0.3 is 21.5 Å². The lowest BCUT2D eigenvalue weighted by atomic mass is 10.0. The second-order valence-corrected chi connectivity index (χ2v) is 4.59. The van der Waals surface area contributed by atoms with Crippen molar-refractivity contribution >= 4 is 17.8 Å². The second-order valence-electron chi connectivity index (χ2n) is 4.59. The standard InChI is InChI=1S/C11H21N3O4/c1-6(2)4-8(11(17)18)14-9(15)5-13-10(16)7(3)12/h6-8H,4-5,12H2,1-3H3,(H,13,16)(H,14,15)(H,17,18)/t7-,8-/m0/s1. The molecular formula is C11H21N3O4. The van der Waals surface area contributed by atoms with Crippen LogP contribution in [0.4, 0.5) is 0 Å². The molecule has 0 saturated heterocycles. The van der Waals surface area contributed by atoms with Crippen molar-refractivity contribution in [2.45, 2.75) is 39.3 Å². The van der Waals surface area contributed by atoms with E-state index in [0.29, 0.717) is 6.42 Å². The van der Waals surface area contributed by atoms with Crippen LogP contribution in [0.15, 0.2) is 0 Å². The van der Waals surface area contributed by atoms with Crippen molar-refractivity contribution in [3.8, 4) is 0 Å². The van der Waals surface area contributed by atoms with Crippen molar-refractivity contribution in [2.24, 2.45) is 11.7 Å². The maximum absolute atomic E-state index is 11.4. The second kappa shape index (κ2) is 7.65. The minimum Gasteiger partial charge on any atom is -0.480 e. The van der Waals surface area contributed by atoms with Gasteiger partial charge in [0.2, 0.25) is 11.8 Å². The number of hydrogen-bond donors (Lipinski definition) is 4. The third kappa shape index (κ3) is 6.85. The fourth-order valence-corrected chi connectivity index (χ4v) is 1.27. The topological polar surface area (TPSA) is 122 Å². The van der Waals surface area contributed by atoms with Crippen LogP contribution in [-0.4, -0.2) is 41.5 Å². The lowest BCUT2D eigenvalue weighted by Crippen LogP contribution is -2.48. The molecule has 0 heterocycles. The Morgan fingerprint density at radius 1 is 1.22 bits per heavy atom. The molecule has 2 atom stereocenters. The summed E-state index contributed by atoms with van der Waals surface area (Å²) < 4.78 is 0. The van der Waals surface area contributed by atoms with Crippen molar-refractivity contribution in [2.75, 3.05) is 6.54 Å². The average molecular weight is 259 g/mol. The van der Waals surface area contributed by atoms with Crippen molar-refractivity contribution in [1.82, 2.24) is 10.6 Å². The molecule has 18 heavy (non-hydrogen) atoms. The Bertz CT molecular complexity index is 315. The fourth-order valence-electron chi connectivity index (χ4n) is 1.27. The maximum atomic E-state index is 11.4. The van der Waals surface area contributed by atoms with Gasteiger partial charge in [0.05, 0.1) is 12.6 Å². The molecule has 0 spiro atoms. The van der Waals surface area contributed by atoms with Crippen LogP contribution in [0, 0.1) is 5.92 Å². The van der Waals surface area contributed by atoms with Gasteiger partial charge in [-0.2, -0.15) is 0 Å². The highest BCUT2D eigenvalue weighted by molar-refractivity contribution is 5.89. The first-order valence-electron chi connectivity index (χ1n) is 5.79. The predicted molar refractivity (Wildman–Crippen MR) is 65.7 cm³/mol. The molecule has 0 aliphatic rings. The van der Waals surface area contributed by atoms with Gasteiger partial charge in [-0.3, -0.25) is 9.59 Å². The molecule has 0 fully saturated rings. The highest BCUT2D eigenvalue weighted by Gasteiger charge is 2.21. The first kappa shape index (κ1) is 16.4. The van der Waals surface area contributed by atoms with E-state index in [4.69, 9.17) is 10.8 Å². The smallest absolute Gasteiger partial charge is 0.326 e. The molecular weight excluding hydrogens is 238 g/mol. The van der Waals surface area contributed by atoms with E-state index in [9.17, 15) is 14.4 Å². The zero-order valence-corrected chi connectivity index (χ0v) is 10.9. The van der Waals surface area contributed by atoms with Gasteiger partial charge in [-0.15, -0.1) is 0 Å². The largest absolute Gasteiger partial charge is 0.480 e. The number of hydrogen-bond acceptors (Lipinski definition) is 4. The first-order valence-corrected chi connectivity index (χ1v) is 5.79. The molecule has 0 radical (unpaired) electrons. The van der Waals surface area contributed by atoms with Crippen LogP contribution in [0.5, 0.6) is 0 Å². The Hall–Kier alpha value is -1.63. The lowest BCUT2D eigenvalue weighted by Gasteiger charge is -2.16. The highest BCUT2D eigenvalue weighted by Crippen LogP contribution is 2.04. The van der Waals surface area contributed by atoms with Gasteiger partial charge >= 0.3 is 5.97 Å². The van der Waals surface area contributed by atoms with E-state index < -0.39 is 29.9 Å². The number of carbonyl (C=O) groups excluding carboxylic acids is 2. The number of carbonyl (C=O) groups is 3. The Morgan fingerprint density at radius 3 is 2.17 bits per heavy atom. The highest BCUT2D eigenvalue weighted by atomic mass is 16.4. The Kier molecular flexibility index (Phi) is 6.96. The Balaban J connectivity index is 4.18. The molecule has 0 aromatic heterocycles. The summed E-state index contributed by atoms with van der Waals surface area (Å²) in [6.07, 6.45) is 0.336. The molecule has 5 N–H and O–H groups in total. The molecule has 2 amide bonds. The van der Waals surface area contributed by atoms with E-state index in [2.05, 4.69) is 10.6 Å². The van der Waals surface area contributed by atoms with Crippen LogP contribution in [0.3, 0.4) is 0 Å². The van der Waals surface area contributed by atoms with E-state index in [-0.39, 0.29) is 12.5 Å².